The number of hydrogen-bond donors (Lipinski definition) is 3. The van der Waals surface area contributed by atoms with Gasteiger partial charge in [0.1, 0.15) is 19.3 Å². The number of rotatable bonds is 80. The van der Waals surface area contributed by atoms with Gasteiger partial charge in [-0.1, -0.05) is 375 Å². The maximum Gasteiger partial charge on any atom is 0.472 e. The minimum Gasteiger partial charge on any atom is -0.462 e. The third-order valence-corrected chi connectivity index (χ3v) is 20.7. The quantitative estimate of drug-likeness (QED) is 0.0222. The van der Waals surface area contributed by atoms with Crippen LogP contribution in [0.3, 0.4) is 0 Å². The van der Waals surface area contributed by atoms with Gasteiger partial charge in [0.2, 0.25) is 0 Å². The van der Waals surface area contributed by atoms with E-state index in [9.17, 15) is 43.2 Å². The largest absolute Gasteiger partial charge is 0.472 e. The number of aliphatic hydroxyl groups is 1. The molecule has 5 atom stereocenters. The maximum atomic E-state index is 13.1. The molecule has 17 nitrogen and oxygen atoms in total. The van der Waals surface area contributed by atoms with Crippen LogP contribution in [0.1, 0.15) is 426 Å². The van der Waals surface area contributed by atoms with Crippen LogP contribution in [0.5, 0.6) is 0 Å². The van der Waals surface area contributed by atoms with E-state index in [0.717, 1.165) is 95.8 Å². The van der Waals surface area contributed by atoms with Crippen LogP contribution in [0.25, 0.3) is 0 Å². The predicted octanol–water partition coefficient (Wildman–Crippen LogP) is 24.0. The summed E-state index contributed by atoms with van der Waals surface area (Å²) in [6.45, 7) is 7.36. The highest BCUT2D eigenvalue weighted by molar-refractivity contribution is 7.47. The van der Waals surface area contributed by atoms with Gasteiger partial charge in [0.15, 0.2) is 12.2 Å². The molecule has 0 aromatic rings. The fraction of sp³-hybridized carbons (Fsp3) is 0.950. The molecule has 0 aliphatic rings. The molecule has 19 heteroatoms. The number of unbranched alkanes of at least 4 members (excludes halogenated alkanes) is 52. The topological polar surface area (TPSA) is 237 Å². The van der Waals surface area contributed by atoms with Gasteiger partial charge in [-0.2, -0.15) is 0 Å². The molecular formula is C80H156O17P2. The number of phosphoric ester groups is 2. The number of hydrogen-bond acceptors (Lipinski definition) is 15. The van der Waals surface area contributed by atoms with Gasteiger partial charge in [-0.25, -0.2) is 9.13 Å². The molecule has 0 saturated carbocycles. The number of carbonyl (C=O) groups excluding carboxylic acids is 4. The van der Waals surface area contributed by atoms with Gasteiger partial charge in [0, 0.05) is 25.7 Å². The second-order valence-corrected chi connectivity index (χ2v) is 32.2. The molecule has 0 rings (SSSR count). The molecule has 0 spiro atoms. The minimum absolute atomic E-state index is 0.108. The van der Waals surface area contributed by atoms with Gasteiger partial charge in [-0.3, -0.25) is 37.3 Å². The average molecular weight is 1450 g/mol. The van der Waals surface area contributed by atoms with Crippen LogP contribution >= 0.6 is 15.6 Å². The Bertz CT molecular complexity index is 1890. The van der Waals surface area contributed by atoms with Crippen LogP contribution in [0.15, 0.2) is 0 Å². The van der Waals surface area contributed by atoms with Crippen molar-refractivity contribution < 1.29 is 80.2 Å². The fourth-order valence-corrected chi connectivity index (χ4v) is 14.0. The summed E-state index contributed by atoms with van der Waals surface area (Å²) in [6, 6.07) is 0. The standard InChI is InChI=1S/C80H156O17P2/c1-6-9-12-15-18-21-24-27-28-29-32-35-40-44-49-54-59-64-78(83)91-70-76(97-80(85)66-61-56-51-46-41-36-33-30-31-34-37-42-47-52-57-62-73(4)5)72-95-99(88,89)93-68-74(81)67-92-98(86,87)94-71-75(96-79(84)65-60-55-50-45-39-26-23-20-17-14-11-8-3)69-90-77(82)63-58-53-48-43-38-25-22-19-16-13-10-7-2/h73-76,81H,6-72H2,1-5H3,(H,86,87)(H,88,89)/t74-,75+,76+/m0/s1. The number of phosphoric acid groups is 2. The first kappa shape index (κ1) is 97.1. The molecule has 0 aliphatic heterocycles. The van der Waals surface area contributed by atoms with E-state index in [1.165, 1.54) is 250 Å². The zero-order valence-corrected chi connectivity index (χ0v) is 66.4. The summed E-state index contributed by atoms with van der Waals surface area (Å²) in [5.41, 5.74) is 0. The van der Waals surface area contributed by atoms with Crippen LogP contribution in [0, 0.1) is 5.92 Å². The lowest BCUT2D eigenvalue weighted by Crippen LogP contribution is -2.30. The Hall–Kier alpha value is -1.94. The molecular weight excluding hydrogens is 1290 g/mol. The highest BCUT2D eigenvalue weighted by Gasteiger charge is 2.30. The smallest absolute Gasteiger partial charge is 0.462 e. The van der Waals surface area contributed by atoms with E-state index in [0.29, 0.717) is 25.7 Å². The second kappa shape index (κ2) is 73.0. The van der Waals surface area contributed by atoms with Crippen molar-refractivity contribution in [1.82, 2.24) is 0 Å². The average Bonchev–Trinajstić information content (AvgIpc) is 3.46. The SMILES string of the molecule is CCCCCCCCCCCCCCCCCCCC(=O)OC[C@H](COP(=O)(O)OC[C@@H](O)COP(=O)(O)OC[C@@H](COC(=O)CCCCCCCCCCCCCC)OC(=O)CCCCCCCCCCCCCC)OC(=O)CCCCCCCCCCCCCCCCCC(C)C. The summed E-state index contributed by atoms with van der Waals surface area (Å²) < 4.78 is 68.7. The van der Waals surface area contributed by atoms with Gasteiger partial charge in [0.25, 0.3) is 0 Å². The lowest BCUT2D eigenvalue weighted by atomic mass is 10.0. The monoisotopic (exact) mass is 1450 g/mol. The van der Waals surface area contributed by atoms with Gasteiger partial charge >= 0.3 is 39.5 Å². The molecule has 3 N–H and O–H groups in total. The number of aliphatic hydroxyl groups excluding tert-OH is 1. The van der Waals surface area contributed by atoms with Crippen molar-refractivity contribution in [3.63, 3.8) is 0 Å². The molecule has 0 aromatic carbocycles. The highest BCUT2D eigenvalue weighted by atomic mass is 31.2. The normalized spacial score (nSPS) is 13.9. The van der Waals surface area contributed by atoms with Gasteiger partial charge < -0.3 is 33.8 Å². The first-order valence-corrected chi connectivity index (χ1v) is 44.6. The molecule has 99 heavy (non-hydrogen) atoms. The lowest BCUT2D eigenvalue weighted by molar-refractivity contribution is -0.161. The third kappa shape index (κ3) is 74.1. The fourth-order valence-electron chi connectivity index (χ4n) is 12.4. The Morgan fingerprint density at radius 3 is 0.687 bits per heavy atom. The highest BCUT2D eigenvalue weighted by Crippen LogP contribution is 2.45. The van der Waals surface area contributed by atoms with Gasteiger partial charge in [0.05, 0.1) is 26.4 Å². The van der Waals surface area contributed by atoms with Crippen LogP contribution in [0.2, 0.25) is 0 Å². The Kier molecular flexibility index (Phi) is 71.6. The molecule has 0 radical (unpaired) electrons. The zero-order chi connectivity index (χ0) is 72.7. The van der Waals surface area contributed by atoms with E-state index >= 15 is 0 Å². The molecule has 588 valence electrons. The molecule has 0 heterocycles. The molecule has 0 fully saturated rings. The van der Waals surface area contributed by atoms with E-state index in [1.807, 2.05) is 0 Å². The molecule has 0 aliphatic carbocycles. The van der Waals surface area contributed by atoms with E-state index in [2.05, 4.69) is 34.6 Å². The van der Waals surface area contributed by atoms with Crippen molar-refractivity contribution in [2.24, 2.45) is 5.92 Å². The third-order valence-electron chi connectivity index (χ3n) is 18.8. The Balaban J connectivity index is 5.24. The van der Waals surface area contributed by atoms with Crippen molar-refractivity contribution in [3.8, 4) is 0 Å². The first-order chi connectivity index (χ1) is 48.0. The van der Waals surface area contributed by atoms with Crippen LogP contribution in [0.4, 0.5) is 0 Å². The summed E-state index contributed by atoms with van der Waals surface area (Å²) in [6.07, 6.45) is 63.6. The molecule has 0 aromatic heterocycles. The maximum absolute atomic E-state index is 13.1. The predicted molar refractivity (Wildman–Crippen MR) is 405 cm³/mol. The Labute approximate surface area is 607 Å². The van der Waals surface area contributed by atoms with Crippen molar-refractivity contribution in [3.05, 3.63) is 0 Å². The Morgan fingerprint density at radius 2 is 0.465 bits per heavy atom. The van der Waals surface area contributed by atoms with E-state index < -0.39 is 97.5 Å². The van der Waals surface area contributed by atoms with Crippen molar-refractivity contribution in [2.45, 2.75) is 445 Å². The van der Waals surface area contributed by atoms with E-state index in [4.69, 9.17) is 37.0 Å². The molecule has 2 unspecified atom stereocenters. The van der Waals surface area contributed by atoms with Gasteiger partial charge in [-0.15, -0.1) is 0 Å². The Morgan fingerprint density at radius 1 is 0.273 bits per heavy atom. The minimum atomic E-state index is -4.96. The van der Waals surface area contributed by atoms with Crippen molar-refractivity contribution in [2.75, 3.05) is 39.6 Å². The molecule has 0 amide bonds. The molecule has 0 saturated heterocycles. The number of ether oxygens (including phenoxy) is 4. The summed E-state index contributed by atoms with van der Waals surface area (Å²) >= 11 is 0. The van der Waals surface area contributed by atoms with Gasteiger partial charge in [-0.05, 0) is 31.6 Å². The van der Waals surface area contributed by atoms with Crippen LogP contribution in [-0.4, -0.2) is 96.7 Å². The summed E-state index contributed by atoms with van der Waals surface area (Å²) in [4.78, 5) is 73.0. The summed E-state index contributed by atoms with van der Waals surface area (Å²) in [5.74, 6) is -1.30. The first-order valence-electron chi connectivity index (χ1n) is 41.6. The number of carbonyl (C=O) groups is 4. The summed E-state index contributed by atoms with van der Waals surface area (Å²) in [5, 5.41) is 10.6. The zero-order valence-electron chi connectivity index (χ0n) is 64.6. The lowest BCUT2D eigenvalue weighted by Gasteiger charge is -2.21. The molecule has 0 bridgehead atoms. The number of esters is 4. The van der Waals surface area contributed by atoms with Crippen molar-refractivity contribution >= 4 is 39.5 Å². The van der Waals surface area contributed by atoms with E-state index in [1.54, 1.807) is 0 Å². The van der Waals surface area contributed by atoms with Crippen LogP contribution in [-0.2, 0) is 65.4 Å². The summed E-state index contributed by atoms with van der Waals surface area (Å²) in [7, 11) is -9.92. The van der Waals surface area contributed by atoms with E-state index in [-0.39, 0.29) is 25.7 Å². The van der Waals surface area contributed by atoms with Crippen LogP contribution < -0.4 is 0 Å². The van der Waals surface area contributed by atoms with Crippen molar-refractivity contribution in [1.29, 1.82) is 0 Å². The second-order valence-electron chi connectivity index (χ2n) is 29.3.